The highest BCUT2D eigenvalue weighted by Crippen LogP contribution is 2.43. The molecule has 0 aliphatic heterocycles. The normalized spacial score (nSPS) is 12.1. The zero-order chi connectivity index (χ0) is 26.3. The molecule has 0 bridgehead atoms. The van der Waals surface area contributed by atoms with Gasteiger partial charge in [0.25, 0.3) is 0 Å². The van der Waals surface area contributed by atoms with Crippen molar-refractivity contribution in [3.8, 4) is 11.5 Å². The molecule has 34 heavy (non-hydrogen) atoms. The first-order chi connectivity index (χ1) is 15.6. The van der Waals surface area contributed by atoms with E-state index >= 15 is 0 Å². The van der Waals surface area contributed by atoms with Gasteiger partial charge in [-0.1, -0.05) is 86.6 Å². The first-order valence-corrected chi connectivity index (χ1v) is 12.2. The smallest absolute Gasteiger partial charge is 0.303 e. The summed E-state index contributed by atoms with van der Waals surface area (Å²) in [6.45, 7) is 20.7. The van der Waals surface area contributed by atoms with Gasteiger partial charge in [-0.15, -0.1) is 0 Å². The molecule has 2 rings (SSSR count). The number of carboxylic acid groups (broad SMARTS) is 1. The van der Waals surface area contributed by atoms with Crippen molar-refractivity contribution in [2.75, 3.05) is 13.1 Å². The number of carbonyl (C=O) groups is 1. The number of aromatic hydroxyl groups is 2. The summed E-state index contributed by atoms with van der Waals surface area (Å²) in [7, 11) is 0. The molecule has 0 heterocycles. The van der Waals surface area contributed by atoms with Crippen LogP contribution in [-0.4, -0.2) is 34.4 Å². The molecule has 5 nitrogen and oxygen atoms in total. The minimum Gasteiger partial charge on any atom is -0.508 e. The van der Waals surface area contributed by atoms with E-state index in [1.807, 2.05) is 72.7 Å². The molecule has 0 aliphatic rings. The molecular formula is C29H45NO4. The second-order valence-electron chi connectivity index (χ2n) is 11.1. The highest BCUT2D eigenvalue weighted by molar-refractivity contribution is 5.67. The van der Waals surface area contributed by atoms with Crippen molar-refractivity contribution in [3.05, 3.63) is 58.7 Å². The van der Waals surface area contributed by atoms with Gasteiger partial charge in [0, 0.05) is 11.8 Å². The van der Waals surface area contributed by atoms with Crippen molar-refractivity contribution in [2.45, 2.75) is 91.4 Å². The lowest BCUT2D eigenvalue weighted by Crippen LogP contribution is -2.27. The van der Waals surface area contributed by atoms with Gasteiger partial charge in [-0.3, -0.25) is 4.79 Å². The molecule has 2 aromatic carbocycles. The molecule has 0 aromatic heterocycles. The average Bonchev–Trinajstić information content (AvgIpc) is 2.72. The number of hydrogen-bond donors (Lipinski definition) is 4. The van der Waals surface area contributed by atoms with Gasteiger partial charge in [0.05, 0.1) is 0 Å². The van der Waals surface area contributed by atoms with E-state index in [0.717, 1.165) is 35.3 Å². The lowest BCUT2D eigenvalue weighted by Gasteiger charge is -2.34. The van der Waals surface area contributed by atoms with Crippen molar-refractivity contribution >= 4 is 5.97 Å². The number of phenols is 2. The quantitative estimate of drug-likeness (QED) is 0.371. The van der Waals surface area contributed by atoms with Gasteiger partial charge in [0.2, 0.25) is 0 Å². The average molecular weight is 472 g/mol. The van der Waals surface area contributed by atoms with Gasteiger partial charge in [0.1, 0.15) is 11.5 Å². The Morgan fingerprint density at radius 1 is 0.765 bits per heavy atom. The van der Waals surface area contributed by atoms with Crippen molar-refractivity contribution in [3.63, 3.8) is 0 Å². The standard InChI is InChI=1S/C25H34O4.C4H11N/c1-23(2,3)18-14-16(8-10-20(18)26)25(7,13-12-22(28)29)17-9-11-21(27)19(15-17)24(4,5)6;1-3-5-4-2/h8-11,14-15,26-27H,12-13H2,1-7H3,(H,28,29);5H,3-4H2,1-2H3. The van der Waals surface area contributed by atoms with Crippen molar-refractivity contribution in [1.29, 1.82) is 0 Å². The second-order valence-corrected chi connectivity index (χ2v) is 11.1. The van der Waals surface area contributed by atoms with Gasteiger partial charge in [0.15, 0.2) is 0 Å². The lowest BCUT2D eigenvalue weighted by atomic mass is 9.70. The van der Waals surface area contributed by atoms with Gasteiger partial charge in [-0.2, -0.15) is 0 Å². The van der Waals surface area contributed by atoms with Crippen LogP contribution in [0.2, 0.25) is 0 Å². The lowest BCUT2D eigenvalue weighted by molar-refractivity contribution is -0.137. The fourth-order valence-corrected chi connectivity index (χ4v) is 4.02. The molecule has 0 amide bonds. The van der Waals surface area contributed by atoms with Crippen LogP contribution in [0.4, 0.5) is 0 Å². The molecule has 0 fully saturated rings. The zero-order valence-electron chi connectivity index (χ0n) is 22.5. The summed E-state index contributed by atoms with van der Waals surface area (Å²) >= 11 is 0. The molecule has 0 unspecified atom stereocenters. The van der Waals surface area contributed by atoms with Crippen LogP contribution in [-0.2, 0) is 21.0 Å². The third-order valence-electron chi connectivity index (χ3n) is 6.22. The summed E-state index contributed by atoms with van der Waals surface area (Å²) in [5, 5.41) is 33.2. The van der Waals surface area contributed by atoms with E-state index in [1.165, 1.54) is 0 Å². The van der Waals surface area contributed by atoms with Crippen molar-refractivity contribution in [1.82, 2.24) is 5.32 Å². The van der Waals surface area contributed by atoms with Crippen LogP contribution in [0.25, 0.3) is 0 Å². The predicted octanol–water partition coefficient (Wildman–Crippen LogP) is 6.48. The number of nitrogens with one attached hydrogen (secondary N) is 1. The van der Waals surface area contributed by atoms with Crippen LogP contribution in [0, 0.1) is 0 Å². The Bertz CT molecular complexity index is 886. The maximum Gasteiger partial charge on any atom is 0.303 e. The monoisotopic (exact) mass is 471 g/mol. The number of rotatable bonds is 7. The third kappa shape index (κ3) is 7.76. The second kappa shape index (κ2) is 11.7. The van der Waals surface area contributed by atoms with Crippen LogP contribution in [0.1, 0.15) is 97.4 Å². The summed E-state index contributed by atoms with van der Waals surface area (Å²) in [4.78, 5) is 11.4. The molecule has 2 aromatic rings. The highest BCUT2D eigenvalue weighted by Gasteiger charge is 2.33. The van der Waals surface area contributed by atoms with E-state index in [-0.39, 0.29) is 28.7 Å². The summed E-state index contributed by atoms with van der Waals surface area (Å²) in [6, 6.07) is 11.1. The summed E-state index contributed by atoms with van der Waals surface area (Å²) in [6.07, 6.45) is 0.430. The summed E-state index contributed by atoms with van der Waals surface area (Å²) in [5.41, 5.74) is 2.47. The maximum atomic E-state index is 11.4. The Kier molecular flexibility index (Phi) is 10.2. The minimum atomic E-state index is -0.846. The molecule has 0 aliphatic carbocycles. The molecule has 0 saturated carbocycles. The minimum absolute atomic E-state index is 0.0218. The Balaban J connectivity index is 0.00000104. The topological polar surface area (TPSA) is 89.8 Å². The molecule has 5 heteroatoms. The zero-order valence-corrected chi connectivity index (χ0v) is 22.5. The van der Waals surface area contributed by atoms with Crippen LogP contribution in [0.15, 0.2) is 36.4 Å². The van der Waals surface area contributed by atoms with E-state index in [4.69, 9.17) is 0 Å². The molecule has 0 saturated heterocycles. The molecular weight excluding hydrogens is 426 g/mol. The number of hydrogen-bond acceptors (Lipinski definition) is 4. The number of carboxylic acids is 1. The van der Waals surface area contributed by atoms with Crippen LogP contribution in [0.5, 0.6) is 11.5 Å². The van der Waals surface area contributed by atoms with E-state index < -0.39 is 11.4 Å². The van der Waals surface area contributed by atoms with Crippen LogP contribution >= 0.6 is 0 Å². The van der Waals surface area contributed by atoms with E-state index in [0.29, 0.717) is 6.42 Å². The Morgan fingerprint density at radius 3 is 1.41 bits per heavy atom. The molecule has 0 spiro atoms. The Hall–Kier alpha value is -2.53. The molecule has 0 radical (unpaired) electrons. The Morgan fingerprint density at radius 2 is 1.15 bits per heavy atom. The maximum absolute atomic E-state index is 11.4. The van der Waals surface area contributed by atoms with Gasteiger partial charge < -0.3 is 20.6 Å². The SMILES string of the molecule is CC(C)(C)c1cc(C(C)(CCC(=O)O)c2ccc(O)c(C(C)(C)C)c2)ccc1O.CCNCC. The Labute approximate surface area is 206 Å². The predicted molar refractivity (Wildman–Crippen MR) is 141 cm³/mol. The van der Waals surface area contributed by atoms with Crippen LogP contribution < -0.4 is 5.32 Å². The number of phenolic OH excluding ortho intramolecular Hbond substituents is 2. The molecule has 190 valence electrons. The summed E-state index contributed by atoms with van der Waals surface area (Å²) in [5.74, 6) is -0.369. The van der Waals surface area contributed by atoms with E-state index in [9.17, 15) is 20.1 Å². The number of aliphatic carboxylic acids is 1. The molecule has 0 atom stereocenters. The van der Waals surface area contributed by atoms with E-state index in [1.54, 1.807) is 12.1 Å². The first-order valence-electron chi connectivity index (χ1n) is 12.2. The first kappa shape index (κ1) is 29.5. The fourth-order valence-electron chi connectivity index (χ4n) is 4.02. The van der Waals surface area contributed by atoms with Crippen molar-refractivity contribution < 1.29 is 20.1 Å². The summed E-state index contributed by atoms with van der Waals surface area (Å²) < 4.78 is 0. The molecule has 4 N–H and O–H groups in total. The van der Waals surface area contributed by atoms with E-state index in [2.05, 4.69) is 19.2 Å². The van der Waals surface area contributed by atoms with Gasteiger partial charge >= 0.3 is 5.97 Å². The highest BCUT2D eigenvalue weighted by atomic mass is 16.4. The number of benzene rings is 2. The fraction of sp³-hybridized carbons (Fsp3) is 0.552. The van der Waals surface area contributed by atoms with Crippen LogP contribution in [0.3, 0.4) is 0 Å². The largest absolute Gasteiger partial charge is 0.508 e. The van der Waals surface area contributed by atoms with Gasteiger partial charge in [-0.25, -0.2) is 0 Å². The van der Waals surface area contributed by atoms with Crippen molar-refractivity contribution in [2.24, 2.45) is 0 Å². The van der Waals surface area contributed by atoms with Gasteiger partial charge in [-0.05, 0) is 64.7 Å². The third-order valence-corrected chi connectivity index (χ3v) is 6.22.